The maximum Gasteiger partial charge on any atom is 0.323 e. The Morgan fingerprint density at radius 2 is 2.44 bits per heavy atom. The summed E-state index contributed by atoms with van der Waals surface area (Å²) in [4.78, 5) is 10.7. The zero-order valence-electron chi connectivity index (χ0n) is 9.78. The second-order valence-electron chi connectivity index (χ2n) is 4.54. The summed E-state index contributed by atoms with van der Waals surface area (Å²) in [5.74, 6) is -0.966. The summed E-state index contributed by atoms with van der Waals surface area (Å²) in [5, 5.41) is 8.78. The van der Waals surface area contributed by atoms with Gasteiger partial charge in [-0.1, -0.05) is 0 Å². The highest BCUT2D eigenvalue weighted by Crippen LogP contribution is 2.13. The molecule has 0 bridgehead atoms. The standard InChI is InChI=1S/C11H21NO4/c1-11(12,10(13)14)5-3-6-15-8-9-4-2-7-16-9/h9H,2-8,12H2,1H3,(H,13,14). The third-order valence-corrected chi connectivity index (χ3v) is 2.80. The minimum atomic E-state index is -1.15. The molecule has 0 radical (unpaired) electrons. The molecule has 1 rings (SSSR count). The molecule has 2 atom stereocenters. The second kappa shape index (κ2) is 6.18. The van der Waals surface area contributed by atoms with Crippen molar-refractivity contribution in [3.8, 4) is 0 Å². The Balaban J connectivity index is 2.01. The van der Waals surface area contributed by atoms with Crippen LogP contribution in [0.25, 0.3) is 0 Å². The molecule has 16 heavy (non-hydrogen) atoms. The fourth-order valence-corrected chi connectivity index (χ4v) is 1.64. The fourth-order valence-electron chi connectivity index (χ4n) is 1.64. The van der Waals surface area contributed by atoms with E-state index in [-0.39, 0.29) is 6.10 Å². The monoisotopic (exact) mass is 231 g/mol. The van der Waals surface area contributed by atoms with Gasteiger partial charge in [0.25, 0.3) is 0 Å². The van der Waals surface area contributed by atoms with Crippen molar-refractivity contribution in [2.75, 3.05) is 19.8 Å². The predicted molar refractivity (Wildman–Crippen MR) is 59.3 cm³/mol. The first-order valence-electron chi connectivity index (χ1n) is 5.74. The molecular weight excluding hydrogens is 210 g/mol. The average Bonchev–Trinajstić information content (AvgIpc) is 2.69. The van der Waals surface area contributed by atoms with E-state index in [2.05, 4.69) is 0 Å². The first-order chi connectivity index (χ1) is 7.52. The summed E-state index contributed by atoms with van der Waals surface area (Å²) >= 11 is 0. The highest BCUT2D eigenvalue weighted by atomic mass is 16.5. The fraction of sp³-hybridized carbons (Fsp3) is 0.909. The third-order valence-electron chi connectivity index (χ3n) is 2.80. The SMILES string of the molecule is CC(N)(CCCOCC1CCCO1)C(=O)O. The normalized spacial score (nSPS) is 24.2. The molecule has 0 spiro atoms. The van der Waals surface area contributed by atoms with Crippen molar-refractivity contribution in [2.45, 2.75) is 44.2 Å². The lowest BCUT2D eigenvalue weighted by Crippen LogP contribution is -2.44. The van der Waals surface area contributed by atoms with Gasteiger partial charge in [0.05, 0.1) is 12.7 Å². The molecule has 1 aliphatic heterocycles. The van der Waals surface area contributed by atoms with E-state index >= 15 is 0 Å². The third kappa shape index (κ3) is 4.47. The number of carboxylic acids is 1. The molecule has 5 nitrogen and oxygen atoms in total. The molecule has 0 saturated carbocycles. The molecule has 5 heteroatoms. The van der Waals surface area contributed by atoms with Gasteiger partial charge in [-0.15, -0.1) is 0 Å². The topological polar surface area (TPSA) is 81.8 Å². The minimum absolute atomic E-state index is 0.226. The van der Waals surface area contributed by atoms with Gasteiger partial charge in [0.15, 0.2) is 0 Å². The Morgan fingerprint density at radius 3 is 3.00 bits per heavy atom. The quantitative estimate of drug-likeness (QED) is 0.632. The summed E-state index contributed by atoms with van der Waals surface area (Å²) in [6.45, 7) is 3.50. The molecule has 1 fully saturated rings. The number of carbonyl (C=O) groups is 1. The van der Waals surface area contributed by atoms with Gasteiger partial charge < -0.3 is 20.3 Å². The number of ether oxygens (including phenoxy) is 2. The van der Waals surface area contributed by atoms with Crippen molar-refractivity contribution in [1.29, 1.82) is 0 Å². The van der Waals surface area contributed by atoms with Crippen LogP contribution >= 0.6 is 0 Å². The van der Waals surface area contributed by atoms with Crippen LogP contribution in [0.15, 0.2) is 0 Å². The zero-order chi connectivity index (χ0) is 12.0. The summed E-state index contributed by atoms with van der Waals surface area (Å²) in [6.07, 6.45) is 3.47. The molecule has 94 valence electrons. The van der Waals surface area contributed by atoms with E-state index in [1.807, 2.05) is 0 Å². The number of nitrogens with two attached hydrogens (primary N) is 1. The molecule has 0 aliphatic carbocycles. The van der Waals surface area contributed by atoms with E-state index in [0.29, 0.717) is 26.1 Å². The first kappa shape index (κ1) is 13.4. The molecule has 0 aromatic rings. The first-order valence-corrected chi connectivity index (χ1v) is 5.74. The predicted octanol–water partition coefficient (Wildman–Crippen LogP) is 0.764. The Labute approximate surface area is 95.9 Å². The van der Waals surface area contributed by atoms with Crippen LogP contribution < -0.4 is 5.73 Å². The van der Waals surface area contributed by atoms with Crippen LogP contribution in [0.1, 0.15) is 32.6 Å². The number of hydrogen-bond donors (Lipinski definition) is 2. The lowest BCUT2D eigenvalue weighted by atomic mass is 9.98. The molecular formula is C11H21NO4. The minimum Gasteiger partial charge on any atom is -0.480 e. The maximum atomic E-state index is 10.7. The maximum absolute atomic E-state index is 10.7. The largest absolute Gasteiger partial charge is 0.480 e. The van der Waals surface area contributed by atoms with E-state index in [9.17, 15) is 4.79 Å². The van der Waals surface area contributed by atoms with Crippen molar-refractivity contribution in [2.24, 2.45) is 5.73 Å². The molecule has 0 aromatic carbocycles. The van der Waals surface area contributed by atoms with Crippen molar-refractivity contribution in [3.05, 3.63) is 0 Å². The van der Waals surface area contributed by atoms with Crippen LogP contribution in [-0.4, -0.2) is 42.5 Å². The van der Waals surface area contributed by atoms with Crippen LogP contribution in [-0.2, 0) is 14.3 Å². The number of aliphatic carboxylic acids is 1. The van der Waals surface area contributed by atoms with Crippen LogP contribution in [0.2, 0.25) is 0 Å². The van der Waals surface area contributed by atoms with E-state index in [4.69, 9.17) is 20.3 Å². The molecule has 1 saturated heterocycles. The van der Waals surface area contributed by atoms with Gasteiger partial charge >= 0.3 is 5.97 Å². The Bertz CT molecular complexity index is 224. The molecule has 0 amide bonds. The van der Waals surface area contributed by atoms with Gasteiger partial charge in [0.1, 0.15) is 5.54 Å². The highest BCUT2D eigenvalue weighted by Gasteiger charge is 2.26. The van der Waals surface area contributed by atoms with Gasteiger partial charge in [-0.2, -0.15) is 0 Å². The van der Waals surface area contributed by atoms with Crippen LogP contribution in [0.3, 0.4) is 0 Å². The van der Waals surface area contributed by atoms with E-state index in [1.165, 1.54) is 6.92 Å². The number of rotatable bonds is 7. The smallest absolute Gasteiger partial charge is 0.323 e. The molecule has 1 aliphatic rings. The van der Waals surface area contributed by atoms with Crippen molar-refractivity contribution in [3.63, 3.8) is 0 Å². The van der Waals surface area contributed by atoms with Crippen LogP contribution in [0.5, 0.6) is 0 Å². The number of hydrogen-bond acceptors (Lipinski definition) is 4. The second-order valence-corrected chi connectivity index (χ2v) is 4.54. The van der Waals surface area contributed by atoms with Gasteiger partial charge in [-0.3, -0.25) is 4.79 Å². The van der Waals surface area contributed by atoms with Crippen molar-refractivity contribution < 1.29 is 19.4 Å². The summed E-state index contributed by atoms with van der Waals surface area (Å²) in [7, 11) is 0. The molecule has 2 unspecified atom stereocenters. The van der Waals surface area contributed by atoms with Crippen LogP contribution in [0, 0.1) is 0 Å². The van der Waals surface area contributed by atoms with Gasteiger partial charge in [-0.25, -0.2) is 0 Å². The number of carboxylic acid groups (broad SMARTS) is 1. The average molecular weight is 231 g/mol. The Hall–Kier alpha value is -0.650. The Kier molecular flexibility index (Phi) is 5.18. The van der Waals surface area contributed by atoms with Gasteiger partial charge in [0, 0.05) is 13.2 Å². The summed E-state index contributed by atoms with van der Waals surface area (Å²) in [5.41, 5.74) is 4.44. The summed E-state index contributed by atoms with van der Waals surface area (Å²) in [6, 6.07) is 0. The van der Waals surface area contributed by atoms with E-state index in [1.54, 1.807) is 0 Å². The lowest BCUT2D eigenvalue weighted by Gasteiger charge is -2.18. The zero-order valence-corrected chi connectivity index (χ0v) is 9.78. The van der Waals surface area contributed by atoms with Crippen molar-refractivity contribution >= 4 is 5.97 Å². The van der Waals surface area contributed by atoms with Gasteiger partial charge in [0.2, 0.25) is 0 Å². The van der Waals surface area contributed by atoms with E-state index < -0.39 is 11.5 Å². The molecule has 0 aromatic heterocycles. The van der Waals surface area contributed by atoms with Crippen molar-refractivity contribution in [1.82, 2.24) is 0 Å². The van der Waals surface area contributed by atoms with Crippen LogP contribution in [0.4, 0.5) is 0 Å². The lowest BCUT2D eigenvalue weighted by molar-refractivity contribution is -0.143. The molecule has 1 heterocycles. The highest BCUT2D eigenvalue weighted by molar-refractivity contribution is 5.77. The summed E-state index contributed by atoms with van der Waals surface area (Å²) < 4.78 is 10.8. The van der Waals surface area contributed by atoms with E-state index in [0.717, 1.165) is 19.4 Å². The van der Waals surface area contributed by atoms with Gasteiger partial charge in [-0.05, 0) is 32.6 Å². The molecule has 3 N–H and O–H groups in total. The Morgan fingerprint density at radius 1 is 1.69 bits per heavy atom.